The van der Waals surface area contributed by atoms with Crippen molar-refractivity contribution in [3.8, 4) is 0 Å². The summed E-state index contributed by atoms with van der Waals surface area (Å²) in [7, 11) is 0. The van der Waals surface area contributed by atoms with Crippen molar-refractivity contribution in [3.05, 3.63) is 60.0 Å². The number of imidazole rings is 1. The van der Waals surface area contributed by atoms with Gasteiger partial charge in [-0.05, 0) is 31.4 Å². The lowest BCUT2D eigenvalue weighted by atomic mass is 10.0. The molecule has 2 N–H and O–H groups in total. The van der Waals surface area contributed by atoms with Gasteiger partial charge in [0.25, 0.3) is 5.91 Å². The highest BCUT2D eigenvalue weighted by Crippen LogP contribution is 2.31. The predicted molar refractivity (Wildman–Crippen MR) is 103 cm³/mol. The summed E-state index contributed by atoms with van der Waals surface area (Å²) in [6, 6.07) is 11.1. The quantitative estimate of drug-likeness (QED) is 0.727. The Labute approximate surface area is 158 Å². The number of aliphatic hydroxyl groups is 1. The summed E-state index contributed by atoms with van der Waals surface area (Å²) in [5, 5.41) is 13.3. The number of carbonyl (C=O) groups excluding carboxylic acids is 1. The summed E-state index contributed by atoms with van der Waals surface area (Å²) in [6.45, 7) is 1.79. The van der Waals surface area contributed by atoms with Crippen LogP contribution in [-0.4, -0.2) is 31.6 Å². The van der Waals surface area contributed by atoms with Crippen molar-refractivity contribution < 1.29 is 9.90 Å². The van der Waals surface area contributed by atoms with Crippen molar-refractivity contribution in [2.24, 2.45) is 0 Å². The minimum atomic E-state index is -0.770. The van der Waals surface area contributed by atoms with E-state index in [1.807, 2.05) is 36.7 Å². The van der Waals surface area contributed by atoms with E-state index in [2.05, 4.69) is 19.9 Å². The minimum Gasteiger partial charge on any atom is -0.386 e. The molecule has 2 aromatic heterocycles. The number of benzene rings is 1. The number of nitrogens with zero attached hydrogens (tertiary/aromatic N) is 3. The maximum Gasteiger partial charge on any atom is 0.253 e. The molecule has 1 aromatic carbocycles. The van der Waals surface area contributed by atoms with Crippen LogP contribution in [-0.2, 0) is 0 Å². The first kappa shape index (κ1) is 17.7. The molecule has 0 saturated heterocycles. The average Bonchev–Trinajstić information content (AvgIpc) is 3.36. The predicted octanol–water partition coefficient (Wildman–Crippen LogP) is 3.40. The largest absolute Gasteiger partial charge is 0.386 e. The maximum atomic E-state index is 12.6. The van der Waals surface area contributed by atoms with Gasteiger partial charge in [0, 0.05) is 12.2 Å². The van der Waals surface area contributed by atoms with Crippen molar-refractivity contribution in [2.45, 2.75) is 50.8 Å². The van der Waals surface area contributed by atoms with Gasteiger partial charge >= 0.3 is 0 Å². The Morgan fingerprint density at radius 2 is 1.96 bits per heavy atom. The summed E-state index contributed by atoms with van der Waals surface area (Å²) < 4.78 is 2.13. The SMILES string of the molecule is C[C@H](NC(=O)c1cnc2c(c1)ncn2C1CCCC1)[C@H](O)c1ccccc1. The number of nitrogens with one attached hydrogen (secondary N) is 1. The van der Waals surface area contributed by atoms with E-state index in [-0.39, 0.29) is 5.91 Å². The molecule has 4 rings (SSSR count). The molecule has 1 saturated carbocycles. The van der Waals surface area contributed by atoms with Crippen LogP contribution in [0.4, 0.5) is 0 Å². The van der Waals surface area contributed by atoms with E-state index in [0.29, 0.717) is 11.6 Å². The van der Waals surface area contributed by atoms with Crippen LogP contribution < -0.4 is 5.32 Å². The third-order valence-electron chi connectivity index (χ3n) is 5.37. The van der Waals surface area contributed by atoms with E-state index >= 15 is 0 Å². The molecule has 140 valence electrons. The number of aromatic nitrogens is 3. The van der Waals surface area contributed by atoms with Crippen LogP contribution in [0.5, 0.6) is 0 Å². The summed E-state index contributed by atoms with van der Waals surface area (Å²) in [6.07, 6.45) is 7.45. The van der Waals surface area contributed by atoms with Crippen molar-refractivity contribution >= 4 is 17.1 Å². The summed E-state index contributed by atoms with van der Waals surface area (Å²) in [4.78, 5) is 21.5. The van der Waals surface area contributed by atoms with Crippen molar-refractivity contribution in [1.29, 1.82) is 0 Å². The second-order valence-electron chi connectivity index (χ2n) is 7.27. The van der Waals surface area contributed by atoms with Gasteiger partial charge in [-0.25, -0.2) is 9.97 Å². The van der Waals surface area contributed by atoms with Crippen LogP contribution >= 0.6 is 0 Å². The van der Waals surface area contributed by atoms with Crippen LogP contribution in [0.15, 0.2) is 48.9 Å². The Morgan fingerprint density at radius 1 is 1.22 bits per heavy atom. The fourth-order valence-electron chi connectivity index (χ4n) is 3.80. The number of carbonyl (C=O) groups is 1. The first-order valence-electron chi connectivity index (χ1n) is 9.50. The first-order valence-corrected chi connectivity index (χ1v) is 9.50. The monoisotopic (exact) mass is 364 g/mol. The second-order valence-corrected chi connectivity index (χ2v) is 7.27. The lowest BCUT2D eigenvalue weighted by Gasteiger charge is -2.20. The minimum absolute atomic E-state index is 0.262. The molecular formula is C21H24N4O2. The maximum absolute atomic E-state index is 12.6. The first-order chi connectivity index (χ1) is 13.1. The van der Waals surface area contributed by atoms with Gasteiger partial charge in [-0.3, -0.25) is 4.79 Å². The van der Waals surface area contributed by atoms with Gasteiger partial charge in [0.2, 0.25) is 0 Å². The Bertz CT molecular complexity index is 932. The molecule has 6 heteroatoms. The second kappa shape index (κ2) is 7.48. The molecule has 2 atom stereocenters. The summed E-state index contributed by atoms with van der Waals surface area (Å²) in [5.74, 6) is -0.262. The van der Waals surface area contributed by atoms with Crippen molar-refractivity contribution in [1.82, 2.24) is 19.9 Å². The highest BCUT2D eigenvalue weighted by molar-refractivity contribution is 5.96. The summed E-state index contributed by atoms with van der Waals surface area (Å²) >= 11 is 0. The Kier molecular flexibility index (Phi) is 4.90. The van der Waals surface area contributed by atoms with E-state index in [9.17, 15) is 9.90 Å². The molecule has 0 bridgehead atoms. The standard InChI is InChI=1S/C21H24N4O2/c1-14(19(26)15-7-3-2-4-8-15)24-21(27)16-11-18-20(22-12-16)25(13-23-18)17-9-5-6-10-17/h2-4,7-8,11-14,17,19,26H,5-6,9-10H2,1H3,(H,24,27)/t14-,19-/m0/s1. The zero-order chi connectivity index (χ0) is 18.8. The van der Waals surface area contributed by atoms with Crippen LogP contribution in [0.2, 0.25) is 0 Å². The van der Waals surface area contributed by atoms with E-state index < -0.39 is 12.1 Å². The number of fused-ring (bicyclic) bond motifs is 1. The third kappa shape index (κ3) is 3.57. The summed E-state index contributed by atoms with van der Waals surface area (Å²) in [5.41, 5.74) is 2.78. The molecule has 27 heavy (non-hydrogen) atoms. The number of rotatable bonds is 5. The fraction of sp³-hybridized carbons (Fsp3) is 0.381. The van der Waals surface area contributed by atoms with Gasteiger partial charge < -0.3 is 15.0 Å². The van der Waals surface area contributed by atoms with Gasteiger partial charge in [-0.2, -0.15) is 0 Å². The van der Waals surface area contributed by atoms with Crippen molar-refractivity contribution in [2.75, 3.05) is 0 Å². The molecule has 1 aliphatic carbocycles. The molecule has 1 amide bonds. The molecular weight excluding hydrogens is 340 g/mol. The zero-order valence-electron chi connectivity index (χ0n) is 15.4. The van der Waals surface area contributed by atoms with Gasteiger partial charge in [0.05, 0.1) is 24.0 Å². The Balaban J connectivity index is 1.49. The normalized spacial score (nSPS) is 17.1. The lowest BCUT2D eigenvalue weighted by molar-refractivity contribution is 0.0852. The molecule has 0 unspecified atom stereocenters. The zero-order valence-corrected chi connectivity index (χ0v) is 15.4. The average molecular weight is 364 g/mol. The van der Waals surface area contributed by atoms with E-state index in [1.54, 1.807) is 19.2 Å². The molecule has 1 aliphatic rings. The Hall–Kier alpha value is -2.73. The van der Waals surface area contributed by atoms with Gasteiger partial charge in [-0.1, -0.05) is 43.2 Å². The molecule has 6 nitrogen and oxygen atoms in total. The van der Waals surface area contributed by atoms with Gasteiger partial charge in [-0.15, -0.1) is 0 Å². The number of pyridine rings is 1. The molecule has 2 heterocycles. The van der Waals surface area contributed by atoms with E-state index in [0.717, 1.165) is 29.6 Å². The van der Waals surface area contributed by atoms with E-state index in [4.69, 9.17) is 0 Å². The number of amides is 1. The van der Waals surface area contributed by atoms with Crippen LogP contribution in [0, 0.1) is 0 Å². The van der Waals surface area contributed by atoms with Crippen LogP contribution in [0.3, 0.4) is 0 Å². The Morgan fingerprint density at radius 3 is 2.70 bits per heavy atom. The molecule has 1 fully saturated rings. The van der Waals surface area contributed by atoms with Crippen molar-refractivity contribution in [3.63, 3.8) is 0 Å². The van der Waals surface area contributed by atoms with Crippen LogP contribution in [0.1, 0.15) is 60.7 Å². The van der Waals surface area contributed by atoms with Crippen LogP contribution in [0.25, 0.3) is 11.2 Å². The smallest absolute Gasteiger partial charge is 0.253 e. The van der Waals surface area contributed by atoms with Gasteiger partial charge in [0.1, 0.15) is 5.52 Å². The third-order valence-corrected chi connectivity index (χ3v) is 5.37. The van der Waals surface area contributed by atoms with Gasteiger partial charge in [0.15, 0.2) is 5.65 Å². The molecule has 3 aromatic rings. The molecule has 0 radical (unpaired) electrons. The van der Waals surface area contributed by atoms with E-state index in [1.165, 1.54) is 12.8 Å². The molecule has 0 aliphatic heterocycles. The highest BCUT2D eigenvalue weighted by Gasteiger charge is 2.22. The fourth-order valence-corrected chi connectivity index (χ4v) is 3.80. The number of aliphatic hydroxyl groups excluding tert-OH is 1. The number of hydrogen-bond donors (Lipinski definition) is 2. The highest BCUT2D eigenvalue weighted by atomic mass is 16.3. The number of hydrogen-bond acceptors (Lipinski definition) is 4. The lowest BCUT2D eigenvalue weighted by Crippen LogP contribution is -2.37. The topological polar surface area (TPSA) is 80.0 Å². The molecule has 0 spiro atoms.